The molecular formula is C9H11BrN6. The summed E-state index contributed by atoms with van der Waals surface area (Å²) in [5, 5.41) is 3.07. The van der Waals surface area contributed by atoms with Crippen LogP contribution in [0.4, 0.5) is 11.8 Å². The minimum Gasteiger partial charge on any atom is -0.383 e. The third-order valence-electron chi connectivity index (χ3n) is 1.91. The van der Waals surface area contributed by atoms with E-state index < -0.39 is 0 Å². The molecule has 0 radical (unpaired) electrons. The molecule has 0 aliphatic carbocycles. The van der Waals surface area contributed by atoms with E-state index >= 15 is 0 Å². The predicted octanol–water partition coefficient (Wildman–Crippen LogP) is 1.20. The molecule has 0 fully saturated rings. The van der Waals surface area contributed by atoms with Crippen LogP contribution >= 0.6 is 15.9 Å². The standard InChI is InChI=1S/C9H11BrN6/c10-6-5-7(11)16-9(15-6)14-2-1-8-12-3-4-13-8/h3-5H,1-2H2,(H,12,13)(H3,11,14,15,16). The molecule has 0 saturated heterocycles. The molecule has 2 aromatic heterocycles. The molecule has 6 nitrogen and oxygen atoms in total. The van der Waals surface area contributed by atoms with Gasteiger partial charge in [-0.1, -0.05) is 0 Å². The SMILES string of the molecule is Nc1cc(Br)nc(NCCc2ncc[nH]2)n1. The number of nitrogens with zero attached hydrogens (tertiary/aromatic N) is 3. The van der Waals surface area contributed by atoms with Crippen LogP contribution in [0.5, 0.6) is 0 Å². The zero-order valence-electron chi connectivity index (χ0n) is 8.44. The second kappa shape index (κ2) is 4.93. The number of hydrogen-bond acceptors (Lipinski definition) is 5. The summed E-state index contributed by atoms with van der Waals surface area (Å²) in [6.45, 7) is 0.698. The van der Waals surface area contributed by atoms with E-state index in [2.05, 4.69) is 41.2 Å². The number of halogens is 1. The van der Waals surface area contributed by atoms with Gasteiger partial charge in [-0.05, 0) is 15.9 Å². The second-order valence-corrected chi connectivity index (χ2v) is 3.96. The Hall–Kier alpha value is -1.63. The molecule has 0 atom stereocenters. The third kappa shape index (κ3) is 2.93. The fraction of sp³-hybridized carbons (Fsp3) is 0.222. The van der Waals surface area contributed by atoms with Crippen LogP contribution in [-0.2, 0) is 6.42 Å². The zero-order valence-corrected chi connectivity index (χ0v) is 10.0. The molecule has 0 unspecified atom stereocenters. The first kappa shape index (κ1) is 10.9. The first-order chi connectivity index (χ1) is 7.74. The van der Waals surface area contributed by atoms with Gasteiger partial charge in [0.2, 0.25) is 5.95 Å². The van der Waals surface area contributed by atoms with Gasteiger partial charge in [0, 0.05) is 31.4 Å². The van der Waals surface area contributed by atoms with Crippen LogP contribution in [-0.4, -0.2) is 26.5 Å². The Labute approximate surface area is 101 Å². The Kier molecular flexibility index (Phi) is 3.35. The summed E-state index contributed by atoms with van der Waals surface area (Å²) < 4.78 is 0.667. The van der Waals surface area contributed by atoms with Crippen LogP contribution in [0.1, 0.15) is 5.82 Å². The third-order valence-corrected chi connectivity index (χ3v) is 2.32. The van der Waals surface area contributed by atoms with Gasteiger partial charge < -0.3 is 16.0 Å². The lowest BCUT2D eigenvalue weighted by atomic mass is 10.4. The van der Waals surface area contributed by atoms with Crippen LogP contribution < -0.4 is 11.1 Å². The molecule has 0 aromatic carbocycles. The van der Waals surface area contributed by atoms with Gasteiger partial charge >= 0.3 is 0 Å². The highest BCUT2D eigenvalue weighted by Crippen LogP contribution is 2.12. The molecule has 0 aliphatic heterocycles. The number of aromatic nitrogens is 4. The summed E-state index contributed by atoms with van der Waals surface area (Å²) in [6.07, 6.45) is 4.30. The van der Waals surface area contributed by atoms with Gasteiger partial charge in [-0.25, -0.2) is 9.97 Å². The summed E-state index contributed by atoms with van der Waals surface area (Å²) >= 11 is 3.25. The van der Waals surface area contributed by atoms with E-state index in [-0.39, 0.29) is 0 Å². The number of aromatic amines is 1. The highest BCUT2D eigenvalue weighted by atomic mass is 79.9. The van der Waals surface area contributed by atoms with Crippen LogP contribution in [0.2, 0.25) is 0 Å². The zero-order chi connectivity index (χ0) is 11.4. The smallest absolute Gasteiger partial charge is 0.225 e. The molecule has 2 heterocycles. The van der Waals surface area contributed by atoms with E-state index in [1.54, 1.807) is 18.5 Å². The van der Waals surface area contributed by atoms with Crippen LogP contribution in [0.3, 0.4) is 0 Å². The lowest BCUT2D eigenvalue weighted by molar-refractivity contribution is 0.912. The predicted molar refractivity (Wildman–Crippen MR) is 64.9 cm³/mol. The van der Waals surface area contributed by atoms with Crippen molar-refractivity contribution in [2.45, 2.75) is 6.42 Å². The molecule has 84 valence electrons. The van der Waals surface area contributed by atoms with Gasteiger partial charge in [-0.2, -0.15) is 4.98 Å². The monoisotopic (exact) mass is 282 g/mol. The van der Waals surface area contributed by atoms with Crippen molar-refractivity contribution >= 4 is 27.7 Å². The first-order valence-corrected chi connectivity index (χ1v) is 5.55. The average Bonchev–Trinajstić information content (AvgIpc) is 2.69. The number of anilines is 2. The number of nitrogens with two attached hydrogens (primary N) is 1. The Morgan fingerprint density at radius 2 is 2.31 bits per heavy atom. The summed E-state index contributed by atoms with van der Waals surface area (Å²) in [5.74, 6) is 1.87. The Morgan fingerprint density at radius 3 is 3.00 bits per heavy atom. The summed E-state index contributed by atoms with van der Waals surface area (Å²) in [4.78, 5) is 15.3. The van der Waals surface area contributed by atoms with E-state index in [1.807, 2.05) is 0 Å². The van der Waals surface area contributed by atoms with Gasteiger partial charge in [0.15, 0.2) is 0 Å². The molecule has 7 heteroatoms. The minimum atomic E-state index is 0.433. The molecule has 0 saturated carbocycles. The van der Waals surface area contributed by atoms with Crippen LogP contribution in [0.15, 0.2) is 23.1 Å². The van der Waals surface area contributed by atoms with Crippen LogP contribution in [0.25, 0.3) is 0 Å². The number of hydrogen-bond donors (Lipinski definition) is 3. The normalized spacial score (nSPS) is 10.3. The van der Waals surface area contributed by atoms with Crippen molar-refractivity contribution in [3.05, 3.63) is 28.9 Å². The van der Waals surface area contributed by atoms with E-state index in [0.29, 0.717) is 22.9 Å². The summed E-state index contributed by atoms with van der Waals surface area (Å²) in [6, 6.07) is 1.65. The minimum absolute atomic E-state index is 0.433. The molecule has 0 aliphatic rings. The van der Waals surface area contributed by atoms with Crippen molar-refractivity contribution < 1.29 is 0 Å². The lowest BCUT2D eigenvalue weighted by Gasteiger charge is -2.04. The quantitative estimate of drug-likeness (QED) is 0.733. The first-order valence-electron chi connectivity index (χ1n) is 4.76. The van der Waals surface area contributed by atoms with Crippen molar-refractivity contribution in [3.8, 4) is 0 Å². The Balaban J connectivity index is 1.89. The summed E-state index contributed by atoms with van der Waals surface area (Å²) in [7, 11) is 0. The van der Waals surface area contributed by atoms with E-state index in [9.17, 15) is 0 Å². The highest BCUT2D eigenvalue weighted by molar-refractivity contribution is 9.10. The molecule has 0 spiro atoms. The molecule has 0 bridgehead atoms. The summed E-state index contributed by atoms with van der Waals surface area (Å²) in [5.41, 5.74) is 5.59. The number of imidazole rings is 1. The number of H-pyrrole nitrogens is 1. The van der Waals surface area contributed by atoms with Gasteiger partial charge in [0.1, 0.15) is 16.2 Å². The largest absolute Gasteiger partial charge is 0.383 e. The maximum Gasteiger partial charge on any atom is 0.225 e. The fourth-order valence-electron chi connectivity index (χ4n) is 1.24. The molecule has 2 aromatic rings. The van der Waals surface area contributed by atoms with E-state index in [4.69, 9.17) is 5.73 Å². The highest BCUT2D eigenvalue weighted by Gasteiger charge is 2.00. The number of nitrogens with one attached hydrogen (secondary N) is 2. The van der Waals surface area contributed by atoms with Crippen molar-refractivity contribution in [3.63, 3.8) is 0 Å². The van der Waals surface area contributed by atoms with Gasteiger partial charge in [0.25, 0.3) is 0 Å². The van der Waals surface area contributed by atoms with Gasteiger partial charge in [-0.3, -0.25) is 0 Å². The van der Waals surface area contributed by atoms with E-state index in [1.165, 1.54) is 0 Å². The lowest BCUT2D eigenvalue weighted by Crippen LogP contribution is -2.09. The molecule has 16 heavy (non-hydrogen) atoms. The second-order valence-electron chi connectivity index (χ2n) is 3.15. The molecule has 4 N–H and O–H groups in total. The molecule has 0 amide bonds. The molecular weight excluding hydrogens is 272 g/mol. The number of nitrogen functional groups attached to an aromatic ring is 1. The van der Waals surface area contributed by atoms with Crippen molar-refractivity contribution in [2.24, 2.45) is 0 Å². The van der Waals surface area contributed by atoms with Gasteiger partial charge in [-0.15, -0.1) is 0 Å². The topological polar surface area (TPSA) is 92.5 Å². The van der Waals surface area contributed by atoms with Crippen molar-refractivity contribution in [1.29, 1.82) is 0 Å². The Morgan fingerprint density at radius 1 is 1.44 bits per heavy atom. The average molecular weight is 283 g/mol. The fourth-order valence-corrected chi connectivity index (χ4v) is 1.64. The maximum absolute atomic E-state index is 5.59. The van der Waals surface area contributed by atoms with Crippen molar-refractivity contribution in [1.82, 2.24) is 19.9 Å². The van der Waals surface area contributed by atoms with E-state index in [0.717, 1.165) is 12.2 Å². The maximum atomic E-state index is 5.59. The van der Waals surface area contributed by atoms with Crippen molar-refractivity contribution in [2.75, 3.05) is 17.6 Å². The van der Waals surface area contributed by atoms with Crippen LogP contribution in [0, 0.1) is 0 Å². The molecule has 2 rings (SSSR count). The number of rotatable bonds is 4. The Bertz CT molecular complexity index is 435. The van der Waals surface area contributed by atoms with Gasteiger partial charge in [0.05, 0.1) is 0 Å².